The van der Waals surface area contributed by atoms with Crippen LogP contribution in [0.5, 0.6) is 5.88 Å². The van der Waals surface area contributed by atoms with Crippen LogP contribution in [0, 0.1) is 0 Å². The number of benzene rings is 1. The zero-order chi connectivity index (χ0) is 22.6. The highest BCUT2D eigenvalue weighted by molar-refractivity contribution is 7.99. The average Bonchev–Trinajstić information content (AvgIpc) is 2.72. The summed E-state index contributed by atoms with van der Waals surface area (Å²) in [6.45, 7) is 2.47. The molecule has 0 saturated carbocycles. The largest absolute Gasteiger partial charge is 0.481 e. The molecule has 1 aromatic carbocycles. The summed E-state index contributed by atoms with van der Waals surface area (Å²) in [7, 11) is -1.45. The summed E-state index contributed by atoms with van der Waals surface area (Å²) in [5.74, 6) is 1.00. The number of alkyl halides is 3. The Hall–Kier alpha value is -1.97. The number of thiol groups is 1. The van der Waals surface area contributed by atoms with Gasteiger partial charge in [0, 0.05) is 36.7 Å². The van der Waals surface area contributed by atoms with Gasteiger partial charge in [-0.2, -0.15) is 13.2 Å². The lowest BCUT2D eigenvalue weighted by molar-refractivity contribution is -0.152. The minimum atomic E-state index is -4.51. The van der Waals surface area contributed by atoms with Crippen molar-refractivity contribution >= 4 is 10.1 Å². The van der Waals surface area contributed by atoms with Gasteiger partial charge in [-0.25, -0.2) is 9.71 Å². The summed E-state index contributed by atoms with van der Waals surface area (Å²) in [6, 6.07) is 10.3. The number of pyridine rings is 1. The summed E-state index contributed by atoms with van der Waals surface area (Å²) in [6.07, 6.45) is 0.0238. The molecule has 1 fully saturated rings. The van der Waals surface area contributed by atoms with Gasteiger partial charge in [0.05, 0.1) is 7.11 Å². The SMILES string of the molecule is COc1cccc(C2CCN(Cc3ccc([C@H](N[SH](C)(C)=O)C(F)(F)F)cc3)CC2)n1. The van der Waals surface area contributed by atoms with Crippen LogP contribution in [-0.2, 0) is 16.7 Å². The van der Waals surface area contributed by atoms with Crippen LogP contribution in [0.2, 0.25) is 0 Å². The predicted molar refractivity (Wildman–Crippen MR) is 118 cm³/mol. The van der Waals surface area contributed by atoms with Gasteiger partial charge in [-0.05, 0) is 43.1 Å². The number of aromatic nitrogens is 1. The van der Waals surface area contributed by atoms with Gasteiger partial charge in [0.1, 0.15) is 6.04 Å². The van der Waals surface area contributed by atoms with Crippen molar-refractivity contribution in [2.45, 2.75) is 37.5 Å². The minimum absolute atomic E-state index is 0.0722. The zero-order valence-corrected chi connectivity index (χ0v) is 18.9. The zero-order valence-electron chi connectivity index (χ0n) is 18.0. The summed E-state index contributed by atoms with van der Waals surface area (Å²) in [4.78, 5) is 6.84. The summed E-state index contributed by atoms with van der Waals surface area (Å²) in [5.41, 5.74) is 2.07. The molecule has 172 valence electrons. The van der Waals surface area contributed by atoms with Gasteiger partial charge in [0.25, 0.3) is 0 Å². The summed E-state index contributed by atoms with van der Waals surface area (Å²) < 4.78 is 59.7. The van der Waals surface area contributed by atoms with Crippen molar-refractivity contribution in [3.8, 4) is 5.88 Å². The normalized spacial score (nSPS) is 18.0. The molecule has 0 bridgehead atoms. The maximum Gasteiger partial charge on any atom is 0.408 e. The maximum atomic E-state index is 13.4. The Kier molecular flexibility index (Phi) is 7.39. The first kappa shape index (κ1) is 23.7. The summed E-state index contributed by atoms with van der Waals surface area (Å²) >= 11 is 0. The Balaban J connectivity index is 1.59. The molecule has 2 aromatic rings. The fourth-order valence-corrected chi connectivity index (χ4v) is 4.80. The lowest BCUT2D eigenvalue weighted by Gasteiger charge is -2.32. The fourth-order valence-electron chi connectivity index (χ4n) is 3.88. The molecule has 0 aliphatic carbocycles. The highest BCUT2D eigenvalue weighted by Gasteiger charge is 2.41. The van der Waals surface area contributed by atoms with Gasteiger partial charge in [0.2, 0.25) is 5.88 Å². The van der Waals surface area contributed by atoms with E-state index in [0.29, 0.717) is 18.3 Å². The second-order valence-corrected chi connectivity index (χ2v) is 11.3. The van der Waals surface area contributed by atoms with Crippen LogP contribution in [0.25, 0.3) is 0 Å². The van der Waals surface area contributed by atoms with Crippen molar-refractivity contribution in [1.29, 1.82) is 0 Å². The van der Waals surface area contributed by atoms with E-state index in [9.17, 15) is 17.4 Å². The van der Waals surface area contributed by atoms with E-state index < -0.39 is 22.3 Å². The topological polar surface area (TPSA) is 54.5 Å². The molecule has 0 radical (unpaired) electrons. The van der Waals surface area contributed by atoms with Crippen molar-refractivity contribution in [3.05, 3.63) is 59.3 Å². The third-order valence-electron chi connectivity index (χ3n) is 5.45. The molecule has 31 heavy (non-hydrogen) atoms. The number of hydrogen-bond donors (Lipinski definition) is 2. The van der Waals surface area contributed by atoms with E-state index in [4.69, 9.17) is 4.74 Å². The van der Waals surface area contributed by atoms with Crippen LogP contribution in [-0.4, -0.2) is 53.0 Å². The van der Waals surface area contributed by atoms with Crippen LogP contribution < -0.4 is 9.46 Å². The molecule has 1 aliphatic rings. The number of methoxy groups -OCH3 is 1. The van der Waals surface area contributed by atoms with Crippen LogP contribution in [0.1, 0.15) is 41.6 Å². The molecule has 2 heterocycles. The molecule has 1 aliphatic heterocycles. The monoisotopic (exact) mass is 457 g/mol. The highest BCUT2D eigenvalue weighted by atomic mass is 32.3. The highest BCUT2D eigenvalue weighted by Crippen LogP contribution is 2.34. The van der Waals surface area contributed by atoms with Gasteiger partial charge >= 0.3 is 6.18 Å². The smallest absolute Gasteiger partial charge is 0.408 e. The van der Waals surface area contributed by atoms with Crippen LogP contribution in [0.3, 0.4) is 0 Å². The molecule has 5 nitrogen and oxygen atoms in total. The number of likely N-dealkylation sites (tertiary alicyclic amines) is 1. The van der Waals surface area contributed by atoms with Crippen LogP contribution >= 0.6 is 0 Å². The molecular weight excluding hydrogens is 427 g/mol. The molecule has 1 N–H and O–H groups in total. The first-order valence-electron chi connectivity index (χ1n) is 10.3. The lowest BCUT2D eigenvalue weighted by atomic mass is 9.92. The van der Waals surface area contributed by atoms with E-state index in [0.717, 1.165) is 37.2 Å². The van der Waals surface area contributed by atoms with Gasteiger partial charge in [-0.1, -0.05) is 40.5 Å². The third kappa shape index (κ3) is 6.75. The van der Waals surface area contributed by atoms with Crippen LogP contribution in [0.15, 0.2) is 42.5 Å². The van der Waals surface area contributed by atoms with E-state index in [1.54, 1.807) is 19.2 Å². The molecule has 3 rings (SSSR count). The van der Waals surface area contributed by atoms with E-state index >= 15 is 0 Å². The fraction of sp³-hybridized carbons (Fsp3) is 0.500. The predicted octanol–water partition coefficient (Wildman–Crippen LogP) is 3.85. The third-order valence-corrected chi connectivity index (χ3v) is 6.33. The number of piperidine rings is 1. The van der Waals surface area contributed by atoms with Crippen molar-refractivity contribution in [2.75, 3.05) is 32.7 Å². The quantitative estimate of drug-likeness (QED) is 0.620. The molecule has 1 atom stereocenters. The average molecular weight is 458 g/mol. The Morgan fingerprint density at radius 2 is 1.81 bits per heavy atom. The standard InChI is InChI=1S/C22H30F3N3O2S/c1-30-20-6-4-5-19(26-20)17-11-13-28(14-12-17)15-16-7-9-18(10-8-16)21(22(23,24)25)27-31(2,3)29/h4-10,17,21,31H,11-15H2,1-3H3,(H,27,29)/t21-/m0/s1. The molecule has 0 unspecified atom stereocenters. The Labute approximate surface area is 182 Å². The van der Waals surface area contributed by atoms with Crippen molar-refractivity contribution in [3.63, 3.8) is 0 Å². The molecule has 1 saturated heterocycles. The lowest BCUT2D eigenvalue weighted by Crippen LogP contribution is -2.40. The van der Waals surface area contributed by atoms with Crippen molar-refractivity contribution < 1.29 is 22.1 Å². The van der Waals surface area contributed by atoms with Crippen molar-refractivity contribution in [2.24, 2.45) is 0 Å². The van der Waals surface area contributed by atoms with E-state index in [2.05, 4.69) is 14.6 Å². The van der Waals surface area contributed by atoms with E-state index in [1.807, 2.05) is 18.2 Å². The molecular formula is C22H30F3N3O2S. The molecule has 9 heteroatoms. The Morgan fingerprint density at radius 3 is 2.35 bits per heavy atom. The maximum absolute atomic E-state index is 13.4. The number of rotatable bonds is 7. The molecule has 0 spiro atoms. The molecule has 0 amide bonds. The van der Waals surface area contributed by atoms with E-state index in [1.165, 1.54) is 24.6 Å². The first-order chi connectivity index (χ1) is 14.5. The molecule has 1 aromatic heterocycles. The number of nitrogens with zero attached hydrogens (tertiary/aromatic N) is 2. The second kappa shape index (κ2) is 9.67. The van der Waals surface area contributed by atoms with Gasteiger partial charge < -0.3 is 4.74 Å². The second-order valence-electron chi connectivity index (χ2n) is 8.35. The Morgan fingerprint density at radius 1 is 1.16 bits per heavy atom. The summed E-state index contributed by atoms with van der Waals surface area (Å²) in [5, 5.41) is 0. The number of ether oxygens (including phenoxy) is 1. The van der Waals surface area contributed by atoms with E-state index in [-0.39, 0.29) is 5.56 Å². The van der Waals surface area contributed by atoms with Gasteiger partial charge in [-0.15, -0.1) is 0 Å². The Bertz CT molecular complexity index is 907. The first-order valence-corrected chi connectivity index (χ1v) is 12.9. The number of halogens is 3. The number of hydrogen-bond acceptors (Lipinski definition) is 4. The van der Waals surface area contributed by atoms with Gasteiger partial charge in [-0.3, -0.25) is 9.11 Å². The van der Waals surface area contributed by atoms with Crippen LogP contribution in [0.4, 0.5) is 13.2 Å². The van der Waals surface area contributed by atoms with Gasteiger partial charge in [0.15, 0.2) is 0 Å². The minimum Gasteiger partial charge on any atom is -0.481 e. The number of nitrogens with one attached hydrogen (secondary N) is 1. The van der Waals surface area contributed by atoms with Crippen molar-refractivity contribution in [1.82, 2.24) is 14.6 Å².